The second-order valence-electron chi connectivity index (χ2n) is 4.49. The van der Waals surface area contributed by atoms with Gasteiger partial charge in [-0.2, -0.15) is 0 Å². The largest absolute Gasteiger partial charge is 0.476 e. The molecule has 0 unspecified atom stereocenters. The molecule has 0 aliphatic carbocycles. The van der Waals surface area contributed by atoms with Gasteiger partial charge >= 0.3 is 5.97 Å². The molecule has 0 radical (unpaired) electrons. The minimum absolute atomic E-state index is 0.0171. The van der Waals surface area contributed by atoms with Gasteiger partial charge in [0.25, 0.3) is 5.91 Å². The number of hydrogen-bond acceptors (Lipinski definition) is 4. The van der Waals surface area contributed by atoms with E-state index in [9.17, 15) is 14.0 Å². The van der Waals surface area contributed by atoms with Gasteiger partial charge in [0.15, 0.2) is 5.69 Å². The topological polar surface area (TPSA) is 105 Å². The number of halogens is 1. The van der Waals surface area contributed by atoms with Crippen LogP contribution in [0.15, 0.2) is 30.3 Å². The number of carboxylic acids is 1. The second-order valence-corrected chi connectivity index (χ2v) is 4.49. The number of nitrogens with two attached hydrogens (primary N) is 1. The van der Waals surface area contributed by atoms with Gasteiger partial charge in [-0.25, -0.2) is 14.2 Å². The Morgan fingerprint density at radius 1 is 1.32 bits per heavy atom. The lowest BCUT2D eigenvalue weighted by Gasteiger charge is -2.08. The van der Waals surface area contributed by atoms with Crippen LogP contribution in [-0.4, -0.2) is 28.5 Å². The molecule has 0 spiro atoms. The van der Waals surface area contributed by atoms with Crippen molar-refractivity contribution in [2.75, 3.05) is 12.3 Å². The number of nitrogens with zero attached hydrogens (tertiary/aromatic N) is 1. The summed E-state index contributed by atoms with van der Waals surface area (Å²) in [6.45, 7) is 2.21. The Hall–Kier alpha value is -2.96. The highest BCUT2D eigenvalue weighted by atomic mass is 19.1. The Kier molecular flexibility index (Phi) is 4.36. The predicted molar refractivity (Wildman–Crippen MR) is 79.0 cm³/mol. The van der Waals surface area contributed by atoms with E-state index in [1.54, 1.807) is 6.92 Å². The van der Waals surface area contributed by atoms with Crippen molar-refractivity contribution in [2.24, 2.45) is 0 Å². The summed E-state index contributed by atoms with van der Waals surface area (Å²) in [5, 5.41) is 11.6. The molecule has 114 valence electrons. The number of anilines is 1. The van der Waals surface area contributed by atoms with E-state index in [-0.39, 0.29) is 34.1 Å². The van der Waals surface area contributed by atoms with Crippen molar-refractivity contribution in [1.29, 1.82) is 0 Å². The smallest absolute Gasteiger partial charge is 0.356 e. The van der Waals surface area contributed by atoms with E-state index in [1.807, 2.05) is 0 Å². The first-order valence-corrected chi connectivity index (χ1v) is 6.52. The first kappa shape index (κ1) is 15.4. The van der Waals surface area contributed by atoms with Crippen molar-refractivity contribution in [3.8, 4) is 11.3 Å². The van der Waals surface area contributed by atoms with E-state index >= 15 is 0 Å². The fourth-order valence-corrected chi connectivity index (χ4v) is 1.92. The van der Waals surface area contributed by atoms with Crippen LogP contribution in [0.5, 0.6) is 0 Å². The zero-order valence-electron chi connectivity index (χ0n) is 11.8. The number of carbonyl (C=O) groups is 2. The highest BCUT2D eigenvalue weighted by molar-refractivity contribution is 5.96. The molecule has 1 amide bonds. The molecule has 1 heterocycles. The Balaban J connectivity index is 2.52. The average Bonchev–Trinajstić information content (AvgIpc) is 2.48. The van der Waals surface area contributed by atoms with Gasteiger partial charge in [0.2, 0.25) is 0 Å². The third-order valence-corrected chi connectivity index (χ3v) is 2.97. The summed E-state index contributed by atoms with van der Waals surface area (Å²) in [7, 11) is 0. The van der Waals surface area contributed by atoms with Crippen molar-refractivity contribution in [3.05, 3.63) is 47.4 Å². The van der Waals surface area contributed by atoms with Crippen LogP contribution in [0.4, 0.5) is 10.1 Å². The van der Waals surface area contributed by atoms with Crippen molar-refractivity contribution >= 4 is 17.6 Å². The van der Waals surface area contributed by atoms with Gasteiger partial charge in [-0.05, 0) is 37.3 Å². The van der Waals surface area contributed by atoms with E-state index in [4.69, 9.17) is 10.8 Å². The number of nitrogen functional groups attached to an aromatic ring is 1. The van der Waals surface area contributed by atoms with E-state index < -0.39 is 11.8 Å². The van der Waals surface area contributed by atoms with Crippen molar-refractivity contribution in [3.63, 3.8) is 0 Å². The molecule has 0 saturated carbocycles. The van der Waals surface area contributed by atoms with Gasteiger partial charge in [0, 0.05) is 17.7 Å². The van der Waals surface area contributed by atoms with Crippen molar-refractivity contribution in [2.45, 2.75) is 6.92 Å². The summed E-state index contributed by atoms with van der Waals surface area (Å²) < 4.78 is 14.0. The number of nitrogens with one attached hydrogen (secondary N) is 1. The van der Waals surface area contributed by atoms with Gasteiger partial charge in [-0.3, -0.25) is 4.79 Å². The second kappa shape index (κ2) is 6.21. The van der Waals surface area contributed by atoms with Crippen LogP contribution in [0, 0.1) is 5.82 Å². The van der Waals surface area contributed by atoms with Crippen LogP contribution in [0.2, 0.25) is 0 Å². The maximum Gasteiger partial charge on any atom is 0.356 e. The highest BCUT2D eigenvalue weighted by Crippen LogP contribution is 2.24. The quantitative estimate of drug-likeness (QED) is 0.800. The fraction of sp³-hybridized carbons (Fsp3) is 0.133. The minimum Gasteiger partial charge on any atom is -0.476 e. The maximum absolute atomic E-state index is 14.0. The molecular formula is C15H14FN3O3. The van der Waals surface area contributed by atoms with Gasteiger partial charge < -0.3 is 16.2 Å². The summed E-state index contributed by atoms with van der Waals surface area (Å²) >= 11 is 0. The zero-order valence-corrected chi connectivity index (χ0v) is 11.8. The maximum atomic E-state index is 14.0. The molecule has 4 N–H and O–H groups in total. The van der Waals surface area contributed by atoms with Crippen LogP contribution < -0.4 is 11.1 Å². The first-order valence-electron chi connectivity index (χ1n) is 6.52. The molecule has 0 atom stereocenters. The molecule has 1 aromatic heterocycles. The number of carbonyl (C=O) groups excluding carboxylic acids is 1. The van der Waals surface area contributed by atoms with Gasteiger partial charge in [0.1, 0.15) is 5.82 Å². The minimum atomic E-state index is -1.31. The van der Waals surface area contributed by atoms with Crippen molar-refractivity contribution in [1.82, 2.24) is 10.3 Å². The van der Waals surface area contributed by atoms with E-state index in [1.165, 1.54) is 24.3 Å². The van der Waals surface area contributed by atoms with Crippen LogP contribution >= 0.6 is 0 Å². The van der Waals surface area contributed by atoms with Crippen molar-refractivity contribution < 1.29 is 19.1 Å². The highest BCUT2D eigenvalue weighted by Gasteiger charge is 2.15. The van der Waals surface area contributed by atoms with E-state index in [0.717, 1.165) is 6.07 Å². The monoisotopic (exact) mass is 303 g/mol. The molecule has 6 nitrogen and oxygen atoms in total. The number of carboxylic acid groups (broad SMARTS) is 1. The third kappa shape index (κ3) is 3.03. The number of amides is 1. The Morgan fingerprint density at radius 3 is 2.68 bits per heavy atom. The fourth-order valence-electron chi connectivity index (χ4n) is 1.92. The Labute approximate surface area is 125 Å². The third-order valence-electron chi connectivity index (χ3n) is 2.97. The number of pyridine rings is 1. The van der Waals surface area contributed by atoms with Crippen LogP contribution in [0.3, 0.4) is 0 Å². The van der Waals surface area contributed by atoms with Crippen LogP contribution in [-0.2, 0) is 0 Å². The molecule has 22 heavy (non-hydrogen) atoms. The molecule has 7 heteroatoms. The van der Waals surface area contributed by atoms with Gasteiger partial charge in [0.05, 0.1) is 11.4 Å². The van der Waals surface area contributed by atoms with E-state index in [0.29, 0.717) is 6.54 Å². The summed E-state index contributed by atoms with van der Waals surface area (Å²) in [6.07, 6.45) is 0. The number of hydrogen-bond donors (Lipinski definition) is 3. The van der Waals surface area contributed by atoms with Gasteiger partial charge in [-0.15, -0.1) is 0 Å². The lowest BCUT2D eigenvalue weighted by atomic mass is 10.1. The molecule has 2 rings (SSSR count). The summed E-state index contributed by atoms with van der Waals surface area (Å²) in [6, 6.07) is 6.55. The molecule has 1 aromatic carbocycles. The molecule has 0 bridgehead atoms. The summed E-state index contributed by atoms with van der Waals surface area (Å²) in [4.78, 5) is 26.7. The number of aromatic carboxylic acids is 1. The summed E-state index contributed by atoms with van der Waals surface area (Å²) in [5.41, 5.74) is 5.53. The standard InChI is InChI=1S/C15H14FN3O3/c1-2-18-14(20)8-3-4-10(16)9(7-8)12-6-5-11(17)13(19-12)15(21)22/h3-7H,2,17H2,1H3,(H,18,20)(H,21,22). The lowest BCUT2D eigenvalue weighted by Crippen LogP contribution is -2.22. The number of benzene rings is 1. The number of rotatable bonds is 4. The predicted octanol–water partition coefficient (Wildman–Crippen LogP) is 1.92. The Morgan fingerprint density at radius 2 is 2.05 bits per heavy atom. The lowest BCUT2D eigenvalue weighted by molar-refractivity contribution is 0.0691. The molecule has 2 aromatic rings. The number of aromatic nitrogens is 1. The molecular weight excluding hydrogens is 289 g/mol. The molecule has 0 fully saturated rings. The van der Waals surface area contributed by atoms with Crippen LogP contribution in [0.1, 0.15) is 27.8 Å². The van der Waals surface area contributed by atoms with Gasteiger partial charge in [-0.1, -0.05) is 0 Å². The SMILES string of the molecule is CCNC(=O)c1ccc(F)c(-c2ccc(N)c(C(=O)O)n2)c1. The molecule has 0 saturated heterocycles. The first-order chi connectivity index (χ1) is 10.4. The molecule has 0 aliphatic rings. The molecule has 0 aliphatic heterocycles. The summed E-state index contributed by atoms with van der Waals surface area (Å²) in [5.74, 6) is -2.26. The van der Waals surface area contributed by atoms with E-state index in [2.05, 4.69) is 10.3 Å². The normalized spacial score (nSPS) is 10.3. The van der Waals surface area contributed by atoms with Crippen LogP contribution in [0.25, 0.3) is 11.3 Å². The zero-order chi connectivity index (χ0) is 16.3. The Bertz CT molecular complexity index is 747. The average molecular weight is 303 g/mol.